The Morgan fingerprint density at radius 1 is 1.00 bits per heavy atom. The van der Waals surface area contributed by atoms with Crippen LogP contribution in [0.25, 0.3) is 0 Å². The van der Waals surface area contributed by atoms with E-state index in [0.29, 0.717) is 20.6 Å². The maximum absolute atomic E-state index is 12.5. The van der Waals surface area contributed by atoms with Crippen molar-refractivity contribution >= 4 is 63.1 Å². The van der Waals surface area contributed by atoms with Gasteiger partial charge in [-0.15, -0.1) is 0 Å². The number of ether oxygens (including phenoxy) is 1. The molecule has 0 aromatic heterocycles. The number of halogens is 3. The number of rotatable bonds is 7. The molecular weight excluding hydrogens is 533 g/mol. The number of benzene rings is 3. The summed E-state index contributed by atoms with van der Waals surface area (Å²) in [7, 11) is 0. The number of hydrazone groups is 1. The first kappa shape index (κ1) is 24.4. The highest BCUT2D eigenvalue weighted by Crippen LogP contribution is 2.24. The summed E-state index contributed by atoms with van der Waals surface area (Å²) in [5.41, 5.74) is 3.32. The van der Waals surface area contributed by atoms with E-state index in [2.05, 4.69) is 31.8 Å². The van der Waals surface area contributed by atoms with Gasteiger partial charge in [0.2, 0.25) is 0 Å². The van der Waals surface area contributed by atoms with Gasteiger partial charge in [0.05, 0.1) is 23.3 Å². The van der Waals surface area contributed by atoms with Crippen molar-refractivity contribution in [2.24, 2.45) is 5.10 Å². The fraction of sp³-hybridized carbons (Fsp3) is 0.0435. The van der Waals surface area contributed by atoms with Crippen LogP contribution in [0.5, 0.6) is 5.75 Å². The van der Waals surface area contributed by atoms with Gasteiger partial charge in [-0.1, -0.05) is 51.3 Å². The third kappa shape index (κ3) is 7.15. The topological polar surface area (TPSA) is 96.9 Å². The number of carbonyl (C=O) groups is 3. The lowest BCUT2D eigenvalue weighted by Crippen LogP contribution is -2.34. The van der Waals surface area contributed by atoms with Crippen LogP contribution in [-0.2, 0) is 4.79 Å². The van der Waals surface area contributed by atoms with Crippen molar-refractivity contribution in [1.29, 1.82) is 0 Å². The maximum Gasteiger partial charge on any atom is 0.345 e. The van der Waals surface area contributed by atoms with Crippen molar-refractivity contribution in [1.82, 2.24) is 10.7 Å². The van der Waals surface area contributed by atoms with E-state index in [1.807, 2.05) is 0 Å². The normalized spacial score (nSPS) is 10.6. The van der Waals surface area contributed by atoms with Crippen molar-refractivity contribution < 1.29 is 19.1 Å². The predicted molar refractivity (Wildman–Crippen MR) is 130 cm³/mol. The van der Waals surface area contributed by atoms with Gasteiger partial charge in [0.25, 0.3) is 11.8 Å². The molecule has 0 fully saturated rings. The summed E-state index contributed by atoms with van der Waals surface area (Å²) in [4.78, 5) is 36.5. The van der Waals surface area contributed by atoms with Gasteiger partial charge < -0.3 is 10.1 Å². The van der Waals surface area contributed by atoms with Crippen molar-refractivity contribution in [2.45, 2.75) is 0 Å². The molecule has 0 aliphatic heterocycles. The Morgan fingerprint density at radius 2 is 1.73 bits per heavy atom. The minimum absolute atomic E-state index is 0.217. The zero-order valence-electron chi connectivity index (χ0n) is 16.8. The summed E-state index contributed by atoms with van der Waals surface area (Å²) in [5, 5.41) is 7.12. The van der Waals surface area contributed by atoms with Crippen LogP contribution in [-0.4, -0.2) is 30.5 Å². The van der Waals surface area contributed by atoms with Gasteiger partial charge in [-0.05, 0) is 54.6 Å². The molecule has 33 heavy (non-hydrogen) atoms. The third-order valence-electron chi connectivity index (χ3n) is 4.18. The van der Waals surface area contributed by atoms with Gasteiger partial charge in [0.15, 0.2) is 0 Å². The quantitative estimate of drug-likeness (QED) is 0.191. The highest BCUT2D eigenvalue weighted by molar-refractivity contribution is 9.10. The van der Waals surface area contributed by atoms with E-state index in [4.69, 9.17) is 27.9 Å². The SMILES string of the molecule is O=C(CNC(=O)c1ccc(Cl)cc1)N/N=C\c1cc(Br)ccc1OC(=O)c1ccccc1Cl. The molecule has 3 aromatic rings. The zero-order chi connectivity index (χ0) is 23.8. The van der Waals surface area contributed by atoms with E-state index in [0.717, 1.165) is 0 Å². The zero-order valence-corrected chi connectivity index (χ0v) is 19.9. The largest absolute Gasteiger partial charge is 0.422 e. The molecule has 0 aliphatic rings. The summed E-state index contributed by atoms with van der Waals surface area (Å²) in [6, 6.07) is 17.7. The number of hydrogen-bond acceptors (Lipinski definition) is 5. The highest BCUT2D eigenvalue weighted by atomic mass is 79.9. The summed E-state index contributed by atoms with van der Waals surface area (Å²) < 4.78 is 6.16. The molecule has 0 unspecified atom stereocenters. The van der Waals surface area contributed by atoms with Crippen molar-refractivity contribution in [3.8, 4) is 5.75 Å². The lowest BCUT2D eigenvalue weighted by molar-refractivity contribution is -0.120. The molecule has 7 nitrogen and oxygen atoms in total. The standard InChI is InChI=1S/C23H16BrCl2N3O4/c24-16-7-10-20(33-23(32)18-3-1-2-4-19(18)26)15(11-16)12-28-29-21(30)13-27-22(31)14-5-8-17(25)9-6-14/h1-12H,13H2,(H,27,31)(H,29,30)/b28-12-. The predicted octanol–water partition coefficient (Wildman–Crippen LogP) is 4.86. The van der Waals surface area contributed by atoms with Crippen LogP contribution in [0.1, 0.15) is 26.3 Å². The van der Waals surface area contributed by atoms with Crippen LogP contribution in [0.3, 0.4) is 0 Å². The van der Waals surface area contributed by atoms with Crippen LogP contribution in [0.4, 0.5) is 0 Å². The van der Waals surface area contributed by atoms with E-state index in [-0.39, 0.29) is 22.9 Å². The summed E-state index contributed by atoms with van der Waals surface area (Å²) in [6.45, 7) is -0.286. The van der Waals surface area contributed by atoms with Crippen molar-refractivity contribution in [3.63, 3.8) is 0 Å². The maximum atomic E-state index is 12.5. The average Bonchev–Trinajstić information content (AvgIpc) is 2.80. The van der Waals surface area contributed by atoms with Crippen molar-refractivity contribution in [3.05, 3.63) is 97.9 Å². The lowest BCUT2D eigenvalue weighted by atomic mass is 10.2. The number of carbonyl (C=O) groups excluding carboxylic acids is 3. The number of esters is 1. The van der Waals surface area contributed by atoms with E-state index < -0.39 is 17.8 Å². The third-order valence-corrected chi connectivity index (χ3v) is 5.25. The second kappa shape index (κ2) is 11.6. The lowest BCUT2D eigenvalue weighted by Gasteiger charge is -2.09. The Bertz CT molecular complexity index is 1220. The molecule has 2 amide bonds. The van der Waals surface area contributed by atoms with Crippen molar-refractivity contribution in [2.75, 3.05) is 6.54 Å². The Kier molecular flexibility index (Phi) is 8.59. The average molecular weight is 549 g/mol. The van der Waals surface area contributed by atoms with E-state index in [1.54, 1.807) is 66.7 Å². The minimum atomic E-state index is -0.633. The second-order valence-corrected chi connectivity index (χ2v) is 8.29. The molecule has 0 saturated heterocycles. The Labute approximate surface area is 207 Å². The number of nitrogens with one attached hydrogen (secondary N) is 2. The number of hydrogen-bond donors (Lipinski definition) is 2. The van der Waals surface area contributed by atoms with E-state index >= 15 is 0 Å². The molecule has 0 radical (unpaired) electrons. The van der Waals surface area contributed by atoms with Gasteiger partial charge in [-0.25, -0.2) is 10.2 Å². The summed E-state index contributed by atoms with van der Waals surface area (Å²) in [5.74, 6) is -1.38. The van der Waals surface area contributed by atoms with Crippen LogP contribution >= 0.6 is 39.1 Å². The van der Waals surface area contributed by atoms with Crippen LogP contribution in [0.15, 0.2) is 76.3 Å². The molecule has 0 heterocycles. The first-order valence-corrected chi connectivity index (χ1v) is 11.0. The first-order chi connectivity index (χ1) is 15.8. The van der Waals surface area contributed by atoms with Crippen LogP contribution in [0.2, 0.25) is 10.0 Å². The molecule has 0 bridgehead atoms. The number of amides is 2. The molecule has 0 saturated carbocycles. The molecule has 3 aromatic carbocycles. The monoisotopic (exact) mass is 547 g/mol. The fourth-order valence-electron chi connectivity index (χ4n) is 2.57. The fourth-order valence-corrected chi connectivity index (χ4v) is 3.29. The number of nitrogens with zero attached hydrogens (tertiary/aromatic N) is 1. The van der Waals surface area contributed by atoms with Gasteiger partial charge >= 0.3 is 5.97 Å². The van der Waals surface area contributed by atoms with E-state index in [1.165, 1.54) is 6.21 Å². The molecule has 0 atom stereocenters. The van der Waals surface area contributed by atoms with Crippen LogP contribution < -0.4 is 15.5 Å². The molecular formula is C23H16BrCl2N3O4. The second-order valence-electron chi connectivity index (χ2n) is 6.53. The minimum Gasteiger partial charge on any atom is -0.422 e. The molecule has 168 valence electrons. The molecule has 0 spiro atoms. The molecule has 0 aliphatic carbocycles. The summed E-state index contributed by atoms with van der Waals surface area (Å²) >= 11 is 15.2. The molecule has 2 N–H and O–H groups in total. The van der Waals surface area contributed by atoms with Gasteiger partial charge in [0.1, 0.15) is 5.75 Å². The van der Waals surface area contributed by atoms with Gasteiger partial charge in [0, 0.05) is 20.6 Å². The Morgan fingerprint density at radius 3 is 2.45 bits per heavy atom. The Hall–Kier alpha value is -3.20. The molecule has 10 heteroatoms. The van der Waals surface area contributed by atoms with Crippen LogP contribution in [0, 0.1) is 0 Å². The first-order valence-electron chi connectivity index (χ1n) is 9.45. The van der Waals surface area contributed by atoms with Gasteiger partial charge in [-0.3, -0.25) is 9.59 Å². The van der Waals surface area contributed by atoms with Gasteiger partial charge in [-0.2, -0.15) is 5.10 Å². The summed E-state index contributed by atoms with van der Waals surface area (Å²) in [6.07, 6.45) is 1.32. The Balaban J connectivity index is 1.60. The smallest absolute Gasteiger partial charge is 0.345 e. The molecule has 3 rings (SSSR count). The highest BCUT2D eigenvalue weighted by Gasteiger charge is 2.14. The van der Waals surface area contributed by atoms with E-state index in [9.17, 15) is 14.4 Å².